The molecule has 0 radical (unpaired) electrons. The van der Waals surface area contributed by atoms with Crippen LogP contribution in [0.5, 0.6) is 0 Å². The van der Waals surface area contributed by atoms with Crippen LogP contribution >= 0.6 is 7.60 Å². The van der Waals surface area contributed by atoms with Gasteiger partial charge in [0.1, 0.15) is 6.10 Å². The van der Waals surface area contributed by atoms with Crippen LogP contribution in [0, 0.1) is 0 Å². The number of ether oxygens (including phenoxy) is 2. The Bertz CT molecular complexity index is 292. The fourth-order valence-corrected chi connectivity index (χ4v) is 3.39. The van der Waals surface area contributed by atoms with Gasteiger partial charge < -0.3 is 18.5 Å². The number of rotatable bonds is 7. The third-order valence-corrected chi connectivity index (χ3v) is 3.93. The lowest BCUT2D eigenvalue weighted by Crippen LogP contribution is -2.30. The summed E-state index contributed by atoms with van der Waals surface area (Å²) in [5.41, 5.74) is 0. The highest BCUT2D eigenvalue weighted by Crippen LogP contribution is 2.48. The molecule has 108 valence electrons. The Balaban J connectivity index is 2.46. The summed E-state index contributed by atoms with van der Waals surface area (Å²) >= 11 is 0. The van der Waals surface area contributed by atoms with Crippen molar-refractivity contribution in [3.8, 4) is 0 Å². The van der Waals surface area contributed by atoms with Gasteiger partial charge in [0, 0.05) is 19.7 Å². The van der Waals surface area contributed by atoms with Gasteiger partial charge in [0.15, 0.2) is 0 Å². The minimum Gasteiger partial charge on any atom is -0.376 e. The summed E-state index contributed by atoms with van der Waals surface area (Å²) < 4.78 is 34.1. The van der Waals surface area contributed by atoms with E-state index in [1.807, 2.05) is 27.7 Å². The molecule has 1 saturated heterocycles. The quantitative estimate of drug-likeness (QED) is 0.671. The predicted molar refractivity (Wildman–Crippen MR) is 70.1 cm³/mol. The van der Waals surface area contributed by atoms with Gasteiger partial charge in [-0.05, 0) is 27.7 Å². The Morgan fingerprint density at radius 1 is 1.28 bits per heavy atom. The van der Waals surface area contributed by atoms with Gasteiger partial charge in [-0.3, -0.25) is 4.57 Å². The van der Waals surface area contributed by atoms with Crippen LogP contribution < -0.4 is 0 Å². The first-order valence-electron chi connectivity index (χ1n) is 6.47. The second-order valence-corrected chi connectivity index (χ2v) is 7.11. The van der Waals surface area contributed by atoms with Gasteiger partial charge in [-0.1, -0.05) is 0 Å². The summed E-state index contributed by atoms with van der Waals surface area (Å²) in [7, 11) is -3.02. The van der Waals surface area contributed by atoms with E-state index in [1.54, 1.807) is 0 Å². The lowest BCUT2D eigenvalue weighted by molar-refractivity contribution is -0.0387. The van der Waals surface area contributed by atoms with Crippen LogP contribution in [0.1, 0.15) is 34.1 Å². The summed E-state index contributed by atoms with van der Waals surface area (Å²) in [6, 6.07) is 0. The third kappa shape index (κ3) is 5.81. The van der Waals surface area contributed by atoms with Crippen LogP contribution in [0.2, 0.25) is 0 Å². The Morgan fingerprint density at radius 3 is 2.50 bits per heavy atom. The second kappa shape index (κ2) is 7.01. The van der Waals surface area contributed by atoms with E-state index < -0.39 is 7.60 Å². The van der Waals surface area contributed by atoms with Gasteiger partial charge >= 0.3 is 7.60 Å². The molecule has 0 spiro atoms. The molecular formula is C12H25O5P. The molecule has 0 aromatic carbocycles. The zero-order valence-corrected chi connectivity index (χ0v) is 12.8. The molecule has 0 amide bonds. The van der Waals surface area contributed by atoms with Crippen molar-refractivity contribution in [2.45, 2.75) is 58.5 Å². The average Bonchev–Trinajstić information content (AvgIpc) is 2.59. The molecule has 0 N–H and O–H groups in total. The lowest BCUT2D eigenvalue weighted by Gasteiger charge is -2.24. The average molecular weight is 280 g/mol. The standard InChI is InChI=1S/C12H25O5P/c1-9(2)15-8-12-11(6-7-14-12)17-18(5,13)16-10(3)4/h9-12H,6-8H2,1-5H3/t11?,12-,18?/m1/s1. The van der Waals surface area contributed by atoms with E-state index >= 15 is 0 Å². The topological polar surface area (TPSA) is 54.0 Å². The van der Waals surface area contributed by atoms with Crippen LogP contribution in [0.4, 0.5) is 0 Å². The molecule has 18 heavy (non-hydrogen) atoms. The van der Waals surface area contributed by atoms with Crippen molar-refractivity contribution in [3.05, 3.63) is 0 Å². The first-order valence-corrected chi connectivity index (χ1v) is 8.46. The van der Waals surface area contributed by atoms with Crippen molar-refractivity contribution in [2.75, 3.05) is 19.9 Å². The van der Waals surface area contributed by atoms with Crippen LogP contribution in [0.3, 0.4) is 0 Å². The normalized spacial score (nSPS) is 27.9. The Hall–Kier alpha value is 0.0700. The minimum atomic E-state index is -3.02. The van der Waals surface area contributed by atoms with Gasteiger partial charge in [-0.25, -0.2) is 0 Å². The molecule has 0 aliphatic carbocycles. The molecule has 1 aliphatic rings. The van der Waals surface area contributed by atoms with E-state index in [9.17, 15) is 4.57 Å². The fraction of sp³-hybridized carbons (Fsp3) is 1.00. The molecule has 1 heterocycles. The van der Waals surface area contributed by atoms with E-state index in [0.29, 0.717) is 13.2 Å². The maximum atomic E-state index is 12.1. The zero-order chi connectivity index (χ0) is 13.8. The third-order valence-electron chi connectivity index (χ3n) is 2.47. The van der Waals surface area contributed by atoms with Gasteiger partial charge in [0.2, 0.25) is 0 Å². The van der Waals surface area contributed by atoms with Crippen molar-refractivity contribution < 1.29 is 23.1 Å². The van der Waals surface area contributed by atoms with Gasteiger partial charge in [-0.15, -0.1) is 0 Å². The van der Waals surface area contributed by atoms with Crippen molar-refractivity contribution in [3.63, 3.8) is 0 Å². The molecule has 0 aromatic rings. The summed E-state index contributed by atoms with van der Waals surface area (Å²) in [6.45, 7) is 10.2. The smallest absolute Gasteiger partial charge is 0.328 e. The van der Waals surface area contributed by atoms with Crippen molar-refractivity contribution in [1.82, 2.24) is 0 Å². The maximum Gasteiger partial charge on any atom is 0.328 e. The molecule has 0 bridgehead atoms. The van der Waals surface area contributed by atoms with Crippen LogP contribution in [0.25, 0.3) is 0 Å². The minimum absolute atomic E-state index is 0.117. The van der Waals surface area contributed by atoms with Crippen LogP contribution in [-0.4, -0.2) is 44.3 Å². The van der Waals surface area contributed by atoms with Gasteiger partial charge in [-0.2, -0.15) is 0 Å². The summed E-state index contributed by atoms with van der Waals surface area (Å²) in [5.74, 6) is 0. The highest BCUT2D eigenvalue weighted by Gasteiger charge is 2.35. The summed E-state index contributed by atoms with van der Waals surface area (Å²) in [4.78, 5) is 0. The zero-order valence-electron chi connectivity index (χ0n) is 11.9. The lowest BCUT2D eigenvalue weighted by atomic mass is 10.2. The SMILES string of the molecule is CC(C)OC[C@H]1OCCC1OP(C)(=O)OC(C)C. The molecule has 3 atom stereocenters. The number of hydrogen-bond donors (Lipinski definition) is 0. The highest BCUT2D eigenvalue weighted by atomic mass is 31.2. The Morgan fingerprint density at radius 2 is 1.94 bits per heavy atom. The fourth-order valence-electron chi connectivity index (χ4n) is 1.85. The van der Waals surface area contributed by atoms with E-state index in [0.717, 1.165) is 6.42 Å². The van der Waals surface area contributed by atoms with Gasteiger partial charge in [0.05, 0.1) is 24.9 Å². The van der Waals surface area contributed by atoms with E-state index in [-0.39, 0.29) is 24.4 Å². The molecule has 2 unspecified atom stereocenters. The maximum absolute atomic E-state index is 12.1. The molecule has 5 nitrogen and oxygen atoms in total. The second-order valence-electron chi connectivity index (χ2n) is 5.15. The Labute approximate surface area is 110 Å². The molecule has 1 aliphatic heterocycles. The first kappa shape index (κ1) is 16.1. The summed E-state index contributed by atoms with van der Waals surface area (Å²) in [5, 5.41) is 0. The highest BCUT2D eigenvalue weighted by molar-refractivity contribution is 7.53. The van der Waals surface area contributed by atoms with E-state index in [1.165, 1.54) is 6.66 Å². The molecular weight excluding hydrogens is 255 g/mol. The van der Waals surface area contributed by atoms with Crippen molar-refractivity contribution in [1.29, 1.82) is 0 Å². The van der Waals surface area contributed by atoms with Crippen molar-refractivity contribution >= 4 is 7.60 Å². The largest absolute Gasteiger partial charge is 0.376 e. The first-order chi connectivity index (χ1) is 8.30. The molecule has 6 heteroatoms. The molecule has 0 saturated carbocycles. The summed E-state index contributed by atoms with van der Waals surface area (Å²) in [6.07, 6.45) is 0.393. The Kier molecular flexibility index (Phi) is 6.28. The van der Waals surface area contributed by atoms with Gasteiger partial charge in [0.25, 0.3) is 0 Å². The molecule has 1 fully saturated rings. The number of hydrogen-bond acceptors (Lipinski definition) is 5. The van der Waals surface area contributed by atoms with Crippen LogP contribution in [0.15, 0.2) is 0 Å². The predicted octanol–water partition coefficient (Wildman–Crippen LogP) is 2.83. The monoisotopic (exact) mass is 280 g/mol. The van der Waals surface area contributed by atoms with Crippen LogP contribution in [-0.2, 0) is 23.1 Å². The van der Waals surface area contributed by atoms with E-state index in [4.69, 9.17) is 18.5 Å². The molecule has 0 aromatic heterocycles. The van der Waals surface area contributed by atoms with Crippen molar-refractivity contribution in [2.24, 2.45) is 0 Å². The van der Waals surface area contributed by atoms with E-state index in [2.05, 4.69) is 0 Å². The molecule has 1 rings (SSSR count).